The van der Waals surface area contributed by atoms with Crippen molar-refractivity contribution in [2.45, 2.75) is 11.8 Å². The molecule has 0 amide bonds. The molecule has 2 aromatic carbocycles. The van der Waals surface area contributed by atoms with Crippen LogP contribution in [-0.2, 0) is 21.8 Å². The molecule has 25 heavy (non-hydrogen) atoms. The number of benzene rings is 2. The molecule has 0 saturated carbocycles. The van der Waals surface area contributed by atoms with Gasteiger partial charge in [-0.2, -0.15) is 5.10 Å². The number of carbonyl (C=O) groups is 1. The number of ether oxygens (including phenoxy) is 1. The molecule has 130 valence electrons. The number of hydrogen-bond acceptors (Lipinski definition) is 5. The van der Waals surface area contributed by atoms with Gasteiger partial charge in [-0.3, -0.25) is 9.40 Å². The molecule has 0 fully saturated rings. The molecule has 7 nitrogen and oxygen atoms in total. The Bertz CT molecular complexity index is 1050. The van der Waals surface area contributed by atoms with Gasteiger partial charge in [-0.25, -0.2) is 13.2 Å². The third-order valence-electron chi connectivity index (χ3n) is 3.81. The van der Waals surface area contributed by atoms with Gasteiger partial charge in [0.15, 0.2) is 5.69 Å². The summed E-state index contributed by atoms with van der Waals surface area (Å²) in [6.45, 7) is 1.88. The van der Waals surface area contributed by atoms with E-state index < -0.39 is 16.0 Å². The maximum absolute atomic E-state index is 12.5. The largest absolute Gasteiger partial charge is 0.464 e. The highest BCUT2D eigenvalue weighted by Crippen LogP contribution is 2.24. The van der Waals surface area contributed by atoms with Crippen molar-refractivity contribution in [2.75, 3.05) is 11.8 Å². The normalized spacial score (nSPS) is 11.5. The van der Waals surface area contributed by atoms with Crippen LogP contribution in [-0.4, -0.2) is 31.3 Å². The maximum Gasteiger partial charge on any atom is 0.359 e. The van der Waals surface area contributed by atoms with Crippen LogP contribution in [0.5, 0.6) is 0 Å². The fourth-order valence-electron chi connectivity index (χ4n) is 2.51. The zero-order valence-corrected chi connectivity index (χ0v) is 14.8. The van der Waals surface area contributed by atoms with E-state index in [0.717, 1.165) is 5.56 Å². The first-order valence-electron chi connectivity index (χ1n) is 7.46. The average molecular weight is 359 g/mol. The lowest BCUT2D eigenvalue weighted by molar-refractivity contribution is 0.0595. The van der Waals surface area contributed by atoms with Crippen LogP contribution in [0.4, 0.5) is 5.69 Å². The van der Waals surface area contributed by atoms with Gasteiger partial charge in [0.05, 0.1) is 17.5 Å². The Morgan fingerprint density at radius 1 is 1.16 bits per heavy atom. The number of methoxy groups -OCH3 is 1. The van der Waals surface area contributed by atoms with E-state index in [2.05, 4.69) is 9.82 Å². The van der Waals surface area contributed by atoms with Gasteiger partial charge in [0, 0.05) is 18.1 Å². The van der Waals surface area contributed by atoms with Crippen LogP contribution in [0.1, 0.15) is 16.1 Å². The first kappa shape index (κ1) is 17.0. The Kier molecular flexibility index (Phi) is 4.22. The fourth-order valence-corrected chi connectivity index (χ4v) is 3.56. The molecule has 0 aliphatic rings. The highest BCUT2D eigenvalue weighted by molar-refractivity contribution is 7.92. The quantitative estimate of drug-likeness (QED) is 0.723. The number of fused-ring (bicyclic) bond motifs is 1. The van der Waals surface area contributed by atoms with E-state index in [-0.39, 0.29) is 10.6 Å². The molecule has 0 saturated heterocycles. The molecule has 3 rings (SSSR count). The van der Waals surface area contributed by atoms with Crippen LogP contribution in [0.15, 0.2) is 47.4 Å². The van der Waals surface area contributed by atoms with Crippen molar-refractivity contribution < 1.29 is 17.9 Å². The number of rotatable bonds is 4. The van der Waals surface area contributed by atoms with Crippen molar-refractivity contribution >= 4 is 32.6 Å². The van der Waals surface area contributed by atoms with Gasteiger partial charge < -0.3 is 4.74 Å². The lowest BCUT2D eigenvalue weighted by Gasteiger charge is -2.09. The van der Waals surface area contributed by atoms with Crippen molar-refractivity contribution in [3.63, 3.8) is 0 Å². The van der Waals surface area contributed by atoms with Gasteiger partial charge >= 0.3 is 5.97 Å². The van der Waals surface area contributed by atoms with Crippen molar-refractivity contribution in [2.24, 2.45) is 7.05 Å². The Hall–Kier alpha value is -2.87. The van der Waals surface area contributed by atoms with Crippen molar-refractivity contribution in [1.29, 1.82) is 0 Å². The predicted octanol–water partition coefficient (Wildman–Crippen LogP) is 2.47. The molecule has 3 aromatic rings. The van der Waals surface area contributed by atoms with Gasteiger partial charge in [0.25, 0.3) is 10.0 Å². The topological polar surface area (TPSA) is 90.3 Å². The molecule has 0 atom stereocenters. The van der Waals surface area contributed by atoms with E-state index in [4.69, 9.17) is 4.74 Å². The van der Waals surface area contributed by atoms with E-state index in [1.165, 1.54) is 7.11 Å². The minimum atomic E-state index is -3.72. The van der Waals surface area contributed by atoms with Crippen molar-refractivity contribution in [3.05, 3.63) is 53.7 Å². The van der Waals surface area contributed by atoms with Crippen LogP contribution in [0.3, 0.4) is 0 Å². The predicted molar refractivity (Wildman–Crippen MR) is 94.0 cm³/mol. The van der Waals surface area contributed by atoms with Crippen LogP contribution >= 0.6 is 0 Å². The first-order chi connectivity index (χ1) is 11.8. The molecule has 1 N–H and O–H groups in total. The lowest BCUT2D eigenvalue weighted by atomic mass is 10.2. The minimum Gasteiger partial charge on any atom is -0.464 e. The molecule has 1 heterocycles. The lowest BCUT2D eigenvalue weighted by Crippen LogP contribution is -2.12. The number of esters is 1. The molecule has 1 aromatic heterocycles. The summed E-state index contributed by atoms with van der Waals surface area (Å²) in [5.41, 5.74) is 2.14. The van der Waals surface area contributed by atoms with E-state index >= 15 is 0 Å². The average Bonchev–Trinajstić information content (AvgIpc) is 2.90. The van der Waals surface area contributed by atoms with Crippen LogP contribution in [0, 0.1) is 6.92 Å². The second-order valence-corrected chi connectivity index (χ2v) is 7.30. The van der Waals surface area contributed by atoms with Crippen molar-refractivity contribution in [3.8, 4) is 0 Å². The summed E-state index contributed by atoms with van der Waals surface area (Å²) in [6.07, 6.45) is 0. The molecule has 8 heteroatoms. The standard InChI is InChI=1S/C17H17N3O4S/c1-11-4-7-13(8-5-11)25(22,23)19-12-6-9-15-14(10-12)16(17(21)24-3)18-20(15)2/h4-10,19H,1-3H3. The summed E-state index contributed by atoms with van der Waals surface area (Å²) in [5, 5.41) is 4.64. The molecular formula is C17H17N3O4S. The van der Waals surface area contributed by atoms with Gasteiger partial charge in [0.2, 0.25) is 0 Å². The monoisotopic (exact) mass is 359 g/mol. The molecule has 0 aliphatic heterocycles. The van der Waals surface area contributed by atoms with Crippen LogP contribution in [0.2, 0.25) is 0 Å². The molecule has 0 radical (unpaired) electrons. The van der Waals surface area contributed by atoms with E-state index in [1.54, 1.807) is 54.2 Å². The van der Waals surface area contributed by atoms with Gasteiger partial charge in [-0.15, -0.1) is 0 Å². The Morgan fingerprint density at radius 3 is 2.48 bits per heavy atom. The zero-order chi connectivity index (χ0) is 18.2. The Morgan fingerprint density at radius 2 is 1.84 bits per heavy atom. The fraction of sp³-hybridized carbons (Fsp3) is 0.176. The molecule has 0 bridgehead atoms. The minimum absolute atomic E-state index is 0.136. The van der Waals surface area contributed by atoms with E-state index in [9.17, 15) is 13.2 Å². The second kappa shape index (κ2) is 6.21. The third-order valence-corrected chi connectivity index (χ3v) is 5.21. The van der Waals surface area contributed by atoms with Gasteiger partial charge in [0.1, 0.15) is 0 Å². The molecular weight excluding hydrogens is 342 g/mol. The summed E-state index contributed by atoms with van der Waals surface area (Å²) in [6, 6.07) is 11.4. The summed E-state index contributed by atoms with van der Waals surface area (Å²) in [4.78, 5) is 12.0. The summed E-state index contributed by atoms with van der Waals surface area (Å²) < 4.78 is 33.8. The summed E-state index contributed by atoms with van der Waals surface area (Å²) in [5.74, 6) is -0.579. The number of carbonyl (C=O) groups excluding carboxylic acids is 1. The Labute approximate surface area is 145 Å². The summed E-state index contributed by atoms with van der Waals surface area (Å²) in [7, 11) is -0.754. The number of hydrogen-bond donors (Lipinski definition) is 1. The van der Waals surface area contributed by atoms with Crippen molar-refractivity contribution in [1.82, 2.24) is 9.78 Å². The van der Waals surface area contributed by atoms with E-state index in [1.807, 2.05) is 6.92 Å². The Balaban J connectivity index is 2.02. The van der Waals surface area contributed by atoms with Gasteiger partial charge in [-0.05, 0) is 37.3 Å². The molecule has 0 aliphatic carbocycles. The van der Waals surface area contributed by atoms with Crippen LogP contribution < -0.4 is 4.72 Å². The first-order valence-corrected chi connectivity index (χ1v) is 8.95. The van der Waals surface area contributed by atoms with Crippen LogP contribution in [0.25, 0.3) is 10.9 Å². The smallest absolute Gasteiger partial charge is 0.359 e. The van der Waals surface area contributed by atoms with Gasteiger partial charge in [-0.1, -0.05) is 17.7 Å². The highest BCUT2D eigenvalue weighted by Gasteiger charge is 2.19. The summed E-state index contributed by atoms with van der Waals surface area (Å²) >= 11 is 0. The molecule has 0 spiro atoms. The number of aromatic nitrogens is 2. The zero-order valence-electron chi connectivity index (χ0n) is 14.0. The maximum atomic E-state index is 12.5. The molecule has 0 unspecified atom stereocenters. The second-order valence-electron chi connectivity index (χ2n) is 5.61. The number of nitrogens with one attached hydrogen (secondary N) is 1. The number of aryl methyl sites for hydroxylation is 2. The van der Waals surface area contributed by atoms with E-state index in [0.29, 0.717) is 16.6 Å². The number of nitrogens with zero attached hydrogens (tertiary/aromatic N) is 2. The number of sulfonamides is 1. The SMILES string of the molecule is COC(=O)c1nn(C)c2ccc(NS(=O)(=O)c3ccc(C)cc3)cc12. The highest BCUT2D eigenvalue weighted by atomic mass is 32.2. The number of anilines is 1. The third kappa shape index (κ3) is 3.20.